The van der Waals surface area contributed by atoms with Gasteiger partial charge in [0.2, 0.25) is 10.0 Å². The van der Waals surface area contributed by atoms with Gasteiger partial charge in [-0.05, 0) is 36.4 Å². The van der Waals surface area contributed by atoms with E-state index in [0.29, 0.717) is 5.69 Å². The van der Waals surface area contributed by atoms with Gasteiger partial charge in [0, 0.05) is 19.8 Å². The number of halogens is 1. The second kappa shape index (κ2) is 6.25. The molecule has 0 aliphatic heterocycles. The van der Waals surface area contributed by atoms with E-state index in [1.807, 2.05) is 0 Å². The van der Waals surface area contributed by atoms with Crippen LogP contribution in [0.3, 0.4) is 0 Å². The van der Waals surface area contributed by atoms with Gasteiger partial charge < -0.3 is 5.32 Å². The summed E-state index contributed by atoms with van der Waals surface area (Å²) in [6.45, 7) is 0. The Morgan fingerprint density at radius 3 is 2.18 bits per heavy atom. The molecule has 0 saturated heterocycles. The van der Waals surface area contributed by atoms with Gasteiger partial charge in [-0.15, -0.1) is 0 Å². The average molecular weight is 322 g/mol. The molecule has 2 aromatic rings. The van der Waals surface area contributed by atoms with Crippen LogP contribution >= 0.6 is 0 Å². The first kappa shape index (κ1) is 16.1. The molecular weight excluding hydrogens is 307 g/mol. The first-order valence-electron chi connectivity index (χ1n) is 6.41. The topological polar surface area (TPSA) is 66.5 Å². The number of carbonyl (C=O) groups is 1. The molecule has 7 heteroatoms. The first-order valence-corrected chi connectivity index (χ1v) is 7.85. The molecule has 116 valence electrons. The third-order valence-electron chi connectivity index (χ3n) is 3.01. The normalized spacial score (nSPS) is 11.5. The molecule has 0 radical (unpaired) electrons. The Hall–Kier alpha value is -2.25. The van der Waals surface area contributed by atoms with Gasteiger partial charge in [-0.3, -0.25) is 4.79 Å². The first-order chi connectivity index (χ1) is 10.3. The maximum absolute atomic E-state index is 13.5. The van der Waals surface area contributed by atoms with Crippen molar-refractivity contribution in [1.82, 2.24) is 4.31 Å². The minimum absolute atomic E-state index is 0.0764. The summed E-state index contributed by atoms with van der Waals surface area (Å²) < 4.78 is 38.4. The van der Waals surface area contributed by atoms with E-state index in [4.69, 9.17) is 0 Å². The van der Waals surface area contributed by atoms with E-state index in [9.17, 15) is 17.6 Å². The van der Waals surface area contributed by atoms with Crippen LogP contribution in [0.4, 0.5) is 10.1 Å². The zero-order chi connectivity index (χ0) is 16.3. The summed E-state index contributed by atoms with van der Waals surface area (Å²) in [4.78, 5) is 12.1. The number of nitrogens with one attached hydrogen (secondary N) is 1. The molecule has 0 aromatic heterocycles. The fourth-order valence-corrected chi connectivity index (χ4v) is 2.67. The molecule has 0 heterocycles. The van der Waals surface area contributed by atoms with Crippen LogP contribution in [0.25, 0.3) is 0 Å². The highest BCUT2D eigenvalue weighted by molar-refractivity contribution is 7.89. The maximum Gasteiger partial charge on any atom is 0.258 e. The second-order valence-corrected chi connectivity index (χ2v) is 6.90. The number of rotatable bonds is 4. The lowest BCUT2D eigenvalue weighted by Crippen LogP contribution is -2.22. The van der Waals surface area contributed by atoms with E-state index in [-0.39, 0.29) is 10.5 Å². The van der Waals surface area contributed by atoms with E-state index in [2.05, 4.69) is 5.32 Å². The van der Waals surface area contributed by atoms with Crippen molar-refractivity contribution in [3.8, 4) is 0 Å². The van der Waals surface area contributed by atoms with Gasteiger partial charge in [-0.25, -0.2) is 17.1 Å². The molecule has 0 atom stereocenters. The fourth-order valence-electron chi connectivity index (χ4n) is 1.76. The lowest BCUT2D eigenvalue weighted by molar-refractivity contribution is 0.102. The summed E-state index contributed by atoms with van der Waals surface area (Å²) in [6.07, 6.45) is 0. The minimum atomic E-state index is -3.52. The van der Waals surface area contributed by atoms with Gasteiger partial charge >= 0.3 is 0 Å². The number of amides is 1. The summed E-state index contributed by atoms with van der Waals surface area (Å²) in [5.74, 6) is -1.21. The molecule has 0 saturated carbocycles. The lowest BCUT2D eigenvalue weighted by Gasteiger charge is -2.12. The molecule has 2 rings (SSSR count). The van der Waals surface area contributed by atoms with E-state index >= 15 is 0 Å². The van der Waals surface area contributed by atoms with E-state index in [0.717, 1.165) is 4.31 Å². The summed E-state index contributed by atoms with van der Waals surface area (Å²) in [5.41, 5.74) is 0.304. The predicted molar refractivity (Wildman–Crippen MR) is 81.7 cm³/mol. The number of hydrogen-bond acceptors (Lipinski definition) is 3. The smallest absolute Gasteiger partial charge is 0.258 e. The van der Waals surface area contributed by atoms with Crippen LogP contribution in [0.15, 0.2) is 53.4 Å². The summed E-state index contributed by atoms with van der Waals surface area (Å²) in [7, 11) is -0.653. The quantitative estimate of drug-likeness (QED) is 0.939. The molecule has 0 aliphatic rings. The van der Waals surface area contributed by atoms with Crippen molar-refractivity contribution in [3.05, 3.63) is 59.9 Å². The standard InChI is InChI=1S/C15H15FN2O3S/c1-18(2)22(20,21)12-9-7-11(8-10-12)17-15(19)13-5-3-4-6-14(13)16/h3-10H,1-2H3,(H,17,19). The Balaban J connectivity index is 2.19. The van der Waals surface area contributed by atoms with Crippen molar-refractivity contribution in [2.24, 2.45) is 0 Å². The van der Waals surface area contributed by atoms with Crippen molar-refractivity contribution >= 4 is 21.6 Å². The van der Waals surface area contributed by atoms with E-state index in [1.165, 1.54) is 56.6 Å². The minimum Gasteiger partial charge on any atom is -0.322 e. The Kier molecular flexibility index (Phi) is 4.58. The van der Waals surface area contributed by atoms with E-state index in [1.54, 1.807) is 6.07 Å². The van der Waals surface area contributed by atoms with Crippen molar-refractivity contribution in [2.75, 3.05) is 19.4 Å². The summed E-state index contributed by atoms with van der Waals surface area (Å²) >= 11 is 0. The van der Waals surface area contributed by atoms with Gasteiger partial charge in [0.1, 0.15) is 5.82 Å². The zero-order valence-corrected chi connectivity index (χ0v) is 12.9. The molecule has 5 nitrogen and oxygen atoms in total. The monoisotopic (exact) mass is 322 g/mol. The Labute approximate surface area is 128 Å². The van der Waals surface area contributed by atoms with Crippen molar-refractivity contribution in [2.45, 2.75) is 4.90 Å². The Morgan fingerprint density at radius 2 is 1.64 bits per heavy atom. The van der Waals surface area contributed by atoms with Gasteiger partial charge in [0.25, 0.3) is 5.91 Å². The van der Waals surface area contributed by atoms with Crippen LogP contribution in [0.1, 0.15) is 10.4 Å². The highest BCUT2D eigenvalue weighted by Gasteiger charge is 2.17. The van der Waals surface area contributed by atoms with Crippen molar-refractivity contribution in [3.63, 3.8) is 0 Å². The highest BCUT2D eigenvalue weighted by atomic mass is 32.2. The van der Waals surface area contributed by atoms with Gasteiger partial charge in [0.15, 0.2) is 0 Å². The summed E-state index contributed by atoms with van der Waals surface area (Å²) in [5, 5.41) is 2.52. The molecule has 22 heavy (non-hydrogen) atoms. The van der Waals surface area contributed by atoms with E-state index < -0.39 is 21.7 Å². The number of carbonyl (C=O) groups excluding carboxylic acids is 1. The molecular formula is C15H15FN2O3S. The zero-order valence-electron chi connectivity index (χ0n) is 12.1. The van der Waals surface area contributed by atoms with Gasteiger partial charge in [-0.1, -0.05) is 12.1 Å². The second-order valence-electron chi connectivity index (χ2n) is 4.75. The molecule has 0 fully saturated rings. The fraction of sp³-hybridized carbons (Fsp3) is 0.133. The average Bonchev–Trinajstić information content (AvgIpc) is 2.48. The number of hydrogen-bond donors (Lipinski definition) is 1. The van der Waals surface area contributed by atoms with Gasteiger partial charge in [0.05, 0.1) is 10.5 Å². The number of anilines is 1. The molecule has 0 aliphatic carbocycles. The Bertz CT molecular complexity index is 787. The maximum atomic E-state index is 13.5. The molecule has 1 amide bonds. The Morgan fingerprint density at radius 1 is 1.05 bits per heavy atom. The van der Waals surface area contributed by atoms with Crippen LogP contribution in [0.5, 0.6) is 0 Å². The number of sulfonamides is 1. The van der Waals surface area contributed by atoms with Crippen LogP contribution < -0.4 is 5.32 Å². The molecule has 0 bridgehead atoms. The third kappa shape index (κ3) is 3.32. The van der Waals surface area contributed by atoms with Crippen molar-refractivity contribution in [1.29, 1.82) is 0 Å². The third-order valence-corrected chi connectivity index (χ3v) is 4.84. The molecule has 0 spiro atoms. The SMILES string of the molecule is CN(C)S(=O)(=O)c1ccc(NC(=O)c2ccccc2F)cc1. The van der Waals surface area contributed by atoms with Crippen LogP contribution in [-0.4, -0.2) is 32.7 Å². The van der Waals surface area contributed by atoms with Crippen LogP contribution in [0.2, 0.25) is 0 Å². The molecule has 1 N–H and O–H groups in total. The largest absolute Gasteiger partial charge is 0.322 e. The predicted octanol–water partition coefficient (Wildman–Crippen LogP) is 2.33. The highest BCUT2D eigenvalue weighted by Crippen LogP contribution is 2.17. The molecule has 2 aromatic carbocycles. The lowest BCUT2D eigenvalue weighted by atomic mass is 10.2. The van der Waals surface area contributed by atoms with Gasteiger partial charge in [-0.2, -0.15) is 0 Å². The van der Waals surface area contributed by atoms with Crippen LogP contribution in [0, 0.1) is 5.82 Å². The van der Waals surface area contributed by atoms with Crippen LogP contribution in [-0.2, 0) is 10.0 Å². The van der Waals surface area contributed by atoms with Crippen molar-refractivity contribution < 1.29 is 17.6 Å². The molecule has 0 unspecified atom stereocenters. The number of nitrogens with zero attached hydrogens (tertiary/aromatic N) is 1. The number of benzene rings is 2. The summed E-state index contributed by atoms with van der Waals surface area (Å²) in [6, 6.07) is 11.3.